The summed E-state index contributed by atoms with van der Waals surface area (Å²) in [6, 6.07) is 6.76. The van der Waals surface area contributed by atoms with Crippen molar-refractivity contribution in [3.05, 3.63) is 53.2 Å². The van der Waals surface area contributed by atoms with Gasteiger partial charge in [0.25, 0.3) is 0 Å². The zero-order valence-electron chi connectivity index (χ0n) is 14.9. The summed E-state index contributed by atoms with van der Waals surface area (Å²) >= 11 is 0. The Labute approximate surface area is 152 Å². The number of carbonyl (C=O) groups is 1. The zero-order valence-corrected chi connectivity index (χ0v) is 14.9. The lowest BCUT2D eigenvalue weighted by molar-refractivity contribution is -1.02. The quantitative estimate of drug-likeness (QED) is 0.670. The van der Waals surface area contributed by atoms with Crippen molar-refractivity contribution in [3.8, 4) is 11.5 Å². The van der Waals surface area contributed by atoms with Gasteiger partial charge in [0.15, 0.2) is 11.5 Å². The first-order valence-electron chi connectivity index (χ1n) is 9.15. The summed E-state index contributed by atoms with van der Waals surface area (Å²) in [5.74, 6) is 1.31. The Hall–Kier alpha value is -2.57. The number of rotatable bonds is 4. The average Bonchev–Trinajstić information content (AvgIpc) is 3.27. The minimum Gasteiger partial charge on any atom is -0.507 e. The minimum atomic E-state index is -0.173. The van der Waals surface area contributed by atoms with Gasteiger partial charge in [-0.1, -0.05) is 0 Å². The summed E-state index contributed by atoms with van der Waals surface area (Å²) < 4.78 is 11.1. The lowest BCUT2D eigenvalue weighted by Gasteiger charge is -2.29. The normalized spacial score (nSPS) is 23.9. The van der Waals surface area contributed by atoms with E-state index in [2.05, 4.69) is 6.92 Å². The number of phenolic OH excluding ortho intramolecular Hbond substituents is 1. The first-order valence-corrected chi connectivity index (χ1v) is 9.15. The van der Waals surface area contributed by atoms with Crippen LogP contribution >= 0.6 is 0 Å². The van der Waals surface area contributed by atoms with Gasteiger partial charge < -0.3 is 24.1 Å². The minimum absolute atomic E-state index is 0.173. The molecule has 0 aliphatic carbocycles. The second-order valence-electron chi connectivity index (χ2n) is 6.93. The summed E-state index contributed by atoms with van der Waals surface area (Å²) in [5, 5.41) is 10.4. The number of piperazine rings is 1. The molecule has 0 spiro atoms. The van der Waals surface area contributed by atoms with Crippen molar-refractivity contribution in [2.45, 2.75) is 13.5 Å². The van der Waals surface area contributed by atoms with Crippen LogP contribution in [-0.4, -0.2) is 43.6 Å². The molecule has 3 heterocycles. The van der Waals surface area contributed by atoms with Crippen LogP contribution in [0.1, 0.15) is 28.6 Å². The third kappa shape index (κ3) is 3.13. The van der Waals surface area contributed by atoms with Gasteiger partial charge in [0, 0.05) is 6.08 Å². The zero-order chi connectivity index (χ0) is 18.1. The highest BCUT2D eigenvalue weighted by Crippen LogP contribution is 2.39. The molecule has 6 nitrogen and oxygen atoms in total. The van der Waals surface area contributed by atoms with Crippen molar-refractivity contribution in [1.82, 2.24) is 0 Å². The van der Waals surface area contributed by atoms with E-state index in [9.17, 15) is 9.90 Å². The van der Waals surface area contributed by atoms with Gasteiger partial charge in [-0.05, 0) is 31.2 Å². The van der Waals surface area contributed by atoms with E-state index in [1.807, 2.05) is 0 Å². The second-order valence-corrected chi connectivity index (χ2v) is 6.93. The summed E-state index contributed by atoms with van der Waals surface area (Å²) in [4.78, 5) is 15.7. The van der Waals surface area contributed by atoms with E-state index >= 15 is 0 Å². The van der Waals surface area contributed by atoms with Crippen LogP contribution in [0.5, 0.6) is 11.5 Å². The van der Waals surface area contributed by atoms with Gasteiger partial charge >= 0.3 is 0 Å². The fourth-order valence-corrected chi connectivity index (χ4v) is 3.71. The molecular weight excluding hydrogens is 332 g/mol. The molecule has 1 aromatic carbocycles. The largest absolute Gasteiger partial charge is 0.507 e. The monoisotopic (exact) mass is 356 g/mol. The number of likely N-dealkylation sites (N-methyl/N-ethyl adjacent to an activating group) is 1. The van der Waals surface area contributed by atoms with Crippen molar-refractivity contribution >= 4 is 11.9 Å². The molecule has 0 unspecified atom stereocenters. The molecule has 3 N–H and O–H groups in total. The highest BCUT2D eigenvalue weighted by Gasteiger charge is 2.33. The number of hydrogen-bond acceptors (Lipinski definition) is 4. The number of ketones is 1. The number of benzene rings is 1. The standard InChI is InChI=1S/C20H22N2O4/c1-2-21-7-9-22(10-8-21)13-16-17(23)6-5-15-19(24)18(26-20(15)16)12-14-4-3-11-25-14/h3-6,11-12,23H,2,7-10,13H2,1H3/p+2/b18-12-. The smallest absolute Gasteiger partial charge is 0.232 e. The highest BCUT2D eigenvalue weighted by atomic mass is 16.5. The number of allylic oxidation sites excluding steroid dienone is 1. The highest BCUT2D eigenvalue weighted by molar-refractivity contribution is 6.14. The van der Waals surface area contributed by atoms with Crippen LogP contribution in [0.4, 0.5) is 0 Å². The van der Waals surface area contributed by atoms with Gasteiger partial charge in [0.05, 0.1) is 23.9 Å². The van der Waals surface area contributed by atoms with E-state index in [1.54, 1.807) is 41.5 Å². The maximum Gasteiger partial charge on any atom is 0.232 e. The van der Waals surface area contributed by atoms with Crippen LogP contribution in [0.2, 0.25) is 0 Å². The SMILES string of the molecule is CC[NH+]1CC[NH+](Cc2c(O)ccc3c2O/C(=C\c2ccco2)C3=O)CC1. The molecule has 0 radical (unpaired) electrons. The number of quaternary nitrogens is 2. The maximum atomic E-state index is 12.6. The molecular formula is C20H24N2O4+2. The number of phenols is 1. The summed E-state index contributed by atoms with van der Waals surface area (Å²) in [5.41, 5.74) is 1.22. The van der Waals surface area contributed by atoms with Crippen molar-refractivity contribution in [2.24, 2.45) is 0 Å². The van der Waals surface area contributed by atoms with Gasteiger partial charge in [-0.2, -0.15) is 0 Å². The topological polar surface area (TPSA) is 68.6 Å². The van der Waals surface area contributed by atoms with E-state index in [4.69, 9.17) is 9.15 Å². The van der Waals surface area contributed by atoms with E-state index in [1.165, 1.54) is 4.90 Å². The molecule has 1 aromatic heterocycles. The van der Waals surface area contributed by atoms with Crippen molar-refractivity contribution in [2.75, 3.05) is 32.7 Å². The summed E-state index contributed by atoms with van der Waals surface area (Å²) in [7, 11) is 0. The van der Waals surface area contributed by atoms with Gasteiger partial charge in [-0.3, -0.25) is 4.79 Å². The molecule has 6 heteroatoms. The number of furan rings is 1. The number of carbonyl (C=O) groups excluding carboxylic acids is 1. The number of fused-ring (bicyclic) bond motifs is 1. The summed E-state index contributed by atoms with van der Waals surface area (Å²) in [6.07, 6.45) is 3.15. The Kier molecular flexibility index (Phi) is 4.53. The van der Waals surface area contributed by atoms with Gasteiger partial charge in [-0.15, -0.1) is 0 Å². The maximum absolute atomic E-state index is 12.6. The third-order valence-corrected chi connectivity index (χ3v) is 5.32. The Morgan fingerprint density at radius 3 is 2.62 bits per heavy atom. The van der Waals surface area contributed by atoms with E-state index in [0.29, 0.717) is 29.2 Å². The van der Waals surface area contributed by atoms with Gasteiger partial charge in [0.2, 0.25) is 5.78 Å². The molecule has 0 amide bonds. The fraction of sp³-hybridized carbons (Fsp3) is 0.350. The van der Waals surface area contributed by atoms with Crippen molar-refractivity contribution < 1.29 is 28.9 Å². The molecule has 0 saturated carbocycles. The molecule has 2 aliphatic rings. The lowest BCUT2D eigenvalue weighted by Crippen LogP contribution is -3.27. The first kappa shape index (κ1) is 16.9. The van der Waals surface area contributed by atoms with E-state index in [-0.39, 0.29) is 17.3 Å². The molecule has 26 heavy (non-hydrogen) atoms. The second kappa shape index (κ2) is 6.97. The predicted molar refractivity (Wildman–Crippen MR) is 95.4 cm³/mol. The molecule has 2 aliphatic heterocycles. The molecule has 136 valence electrons. The Bertz CT molecular complexity index is 834. The van der Waals surface area contributed by atoms with E-state index in [0.717, 1.165) is 32.7 Å². The predicted octanol–water partition coefficient (Wildman–Crippen LogP) is -0.0953. The third-order valence-electron chi connectivity index (χ3n) is 5.32. The van der Waals surface area contributed by atoms with Crippen LogP contribution in [0, 0.1) is 0 Å². The number of hydrogen-bond donors (Lipinski definition) is 3. The lowest BCUT2D eigenvalue weighted by atomic mass is 10.0. The van der Waals surface area contributed by atoms with Crippen molar-refractivity contribution in [3.63, 3.8) is 0 Å². The number of ether oxygens (including phenoxy) is 1. The average molecular weight is 356 g/mol. The summed E-state index contributed by atoms with van der Waals surface area (Å²) in [6.45, 7) is 8.38. The molecule has 4 rings (SSSR count). The van der Waals surface area contributed by atoms with Crippen LogP contribution < -0.4 is 14.5 Å². The van der Waals surface area contributed by atoms with E-state index < -0.39 is 0 Å². The molecule has 1 fully saturated rings. The Morgan fingerprint density at radius 1 is 1.15 bits per heavy atom. The van der Waals surface area contributed by atoms with Crippen LogP contribution in [0.15, 0.2) is 40.7 Å². The Morgan fingerprint density at radius 2 is 1.92 bits per heavy atom. The number of aromatic hydroxyl groups is 1. The van der Waals surface area contributed by atoms with Crippen molar-refractivity contribution in [1.29, 1.82) is 0 Å². The molecule has 1 saturated heterocycles. The number of Topliss-reactive ketones (excluding diaryl/α,β-unsaturated/α-hetero) is 1. The molecule has 0 atom stereocenters. The van der Waals surface area contributed by atoms with Crippen LogP contribution in [0.3, 0.4) is 0 Å². The fourth-order valence-electron chi connectivity index (χ4n) is 3.71. The van der Waals surface area contributed by atoms with Crippen LogP contribution in [-0.2, 0) is 6.54 Å². The number of nitrogens with one attached hydrogen (secondary N) is 2. The molecule has 0 bridgehead atoms. The molecule has 2 aromatic rings. The Balaban J connectivity index is 1.58. The van der Waals surface area contributed by atoms with Gasteiger partial charge in [-0.25, -0.2) is 0 Å². The van der Waals surface area contributed by atoms with Crippen LogP contribution in [0.25, 0.3) is 6.08 Å². The first-order chi connectivity index (χ1) is 12.7. The van der Waals surface area contributed by atoms with Gasteiger partial charge in [0.1, 0.15) is 44.2 Å².